The van der Waals surface area contributed by atoms with Gasteiger partial charge in [-0.15, -0.1) is 0 Å². The van der Waals surface area contributed by atoms with Crippen molar-refractivity contribution in [1.82, 2.24) is 0 Å². The van der Waals surface area contributed by atoms with Crippen LogP contribution in [0.1, 0.15) is 23.7 Å². The molecule has 0 radical (unpaired) electrons. The molecule has 5 nitrogen and oxygen atoms in total. The molecule has 1 saturated heterocycles. The summed E-state index contributed by atoms with van der Waals surface area (Å²) in [4.78, 5) is 37.4. The zero-order valence-corrected chi connectivity index (χ0v) is 12.6. The molecule has 22 heavy (non-hydrogen) atoms. The van der Waals surface area contributed by atoms with Crippen LogP contribution < -0.4 is 4.90 Å². The summed E-state index contributed by atoms with van der Waals surface area (Å²) in [5.41, 5.74) is 0.138. The van der Waals surface area contributed by atoms with Crippen LogP contribution in [0.2, 0.25) is 5.02 Å². The zero-order valence-electron chi connectivity index (χ0n) is 11.8. The predicted octanol–water partition coefficient (Wildman–Crippen LogP) is 2.74. The van der Waals surface area contributed by atoms with Crippen LogP contribution in [0.3, 0.4) is 0 Å². The highest BCUT2D eigenvalue weighted by Crippen LogP contribution is 2.40. The number of halogens is 1. The minimum Gasteiger partial charge on any atom is -0.478 e. The molecule has 114 valence electrons. The number of carboxylic acids is 1. The van der Waals surface area contributed by atoms with Crippen molar-refractivity contribution in [1.29, 1.82) is 0 Å². The van der Waals surface area contributed by atoms with Crippen molar-refractivity contribution in [3.05, 3.63) is 40.9 Å². The van der Waals surface area contributed by atoms with E-state index in [0.717, 1.165) is 4.90 Å². The summed E-state index contributed by atoms with van der Waals surface area (Å²) in [6, 6.07) is 4.17. The third kappa shape index (κ3) is 2.13. The van der Waals surface area contributed by atoms with Crippen LogP contribution in [-0.2, 0) is 9.59 Å². The van der Waals surface area contributed by atoms with E-state index in [9.17, 15) is 14.4 Å². The van der Waals surface area contributed by atoms with Crippen molar-refractivity contribution in [3.8, 4) is 0 Å². The van der Waals surface area contributed by atoms with Gasteiger partial charge in [0.2, 0.25) is 11.8 Å². The number of carboxylic acid groups (broad SMARTS) is 1. The normalized spacial score (nSPS) is 27.2. The third-order valence-corrected chi connectivity index (χ3v) is 4.64. The molecule has 1 fully saturated rings. The fourth-order valence-electron chi connectivity index (χ4n) is 3.22. The van der Waals surface area contributed by atoms with Gasteiger partial charge in [-0.2, -0.15) is 0 Å². The van der Waals surface area contributed by atoms with Crippen LogP contribution in [0, 0.1) is 17.8 Å². The molecule has 0 saturated carbocycles. The predicted molar refractivity (Wildman–Crippen MR) is 80.8 cm³/mol. The second-order valence-corrected chi connectivity index (χ2v) is 6.04. The maximum atomic E-state index is 12.6. The standard InChI is InChI=1S/C16H14ClNO4/c1-8-3-2-4-10-13(8)15(20)18(14(10)19)9-5-6-12(17)11(7-9)16(21)22/h2-3,5-8,10,13H,4H2,1H3,(H,21,22)/t8-,10+,13+/m1/s1. The first-order chi connectivity index (χ1) is 10.4. The Bertz CT molecular complexity index is 712. The minimum atomic E-state index is -1.20. The topological polar surface area (TPSA) is 74.7 Å². The number of benzene rings is 1. The summed E-state index contributed by atoms with van der Waals surface area (Å²) in [5.74, 6) is -2.49. The van der Waals surface area contributed by atoms with Gasteiger partial charge in [-0.1, -0.05) is 30.7 Å². The van der Waals surface area contributed by atoms with Crippen molar-refractivity contribution >= 4 is 35.1 Å². The monoisotopic (exact) mass is 319 g/mol. The molecule has 2 aliphatic rings. The van der Waals surface area contributed by atoms with E-state index < -0.39 is 5.97 Å². The molecule has 1 N–H and O–H groups in total. The molecule has 2 amide bonds. The van der Waals surface area contributed by atoms with E-state index in [1.165, 1.54) is 18.2 Å². The first kappa shape index (κ1) is 14.8. The summed E-state index contributed by atoms with van der Waals surface area (Å²) in [5, 5.41) is 9.20. The Morgan fingerprint density at radius 2 is 2.05 bits per heavy atom. The van der Waals surface area contributed by atoms with Gasteiger partial charge >= 0.3 is 5.97 Å². The molecule has 3 rings (SSSR count). The lowest BCUT2D eigenvalue weighted by atomic mass is 9.78. The molecule has 0 spiro atoms. The van der Waals surface area contributed by atoms with Gasteiger partial charge in [0.05, 0.1) is 28.1 Å². The van der Waals surface area contributed by atoms with Crippen molar-refractivity contribution in [2.75, 3.05) is 4.90 Å². The van der Waals surface area contributed by atoms with Crippen molar-refractivity contribution < 1.29 is 19.5 Å². The summed E-state index contributed by atoms with van der Waals surface area (Å²) >= 11 is 5.84. The number of anilines is 1. The Balaban J connectivity index is 2.03. The summed E-state index contributed by atoms with van der Waals surface area (Å²) in [6.07, 6.45) is 4.40. The largest absolute Gasteiger partial charge is 0.478 e. The first-order valence-corrected chi connectivity index (χ1v) is 7.37. The van der Waals surface area contributed by atoms with Gasteiger partial charge in [-0.3, -0.25) is 14.5 Å². The molecule has 1 aliphatic heterocycles. The minimum absolute atomic E-state index is 0.00792. The average Bonchev–Trinajstić information content (AvgIpc) is 2.73. The van der Waals surface area contributed by atoms with E-state index in [2.05, 4.69) is 0 Å². The molecule has 3 atom stereocenters. The molecule has 0 unspecified atom stereocenters. The highest BCUT2D eigenvalue weighted by Gasteiger charge is 2.50. The van der Waals surface area contributed by atoms with Crippen LogP contribution in [0.4, 0.5) is 5.69 Å². The Kier molecular flexibility index (Phi) is 3.53. The molecule has 6 heteroatoms. The second-order valence-electron chi connectivity index (χ2n) is 5.64. The number of fused-ring (bicyclic) bond motifs is 1. The number of nitrogens with zero attached hydrogens (tertiary/aromatic N) is 1. The number of amides is 2. The van der Waals surface area contributed by atoms with Crippen molar-refractivity contribution in [2.45, 2.75) is 13.3 Å². The fraction of sp³-hybridized carbons (Fsp3) is 0.312. The maximum absolute atomic E-state index is 12.6. The van der Waals surface area contributed by atoms with Crippen molar-refractivity contribution in [3.63, 3.8) is 0 Å². The summed E-state index contributed by atoms with van der Waals surface area (Å²) in [6.45, 7) is 1.91. The number of aromatic carboxylic acids is 1. The molecule has 1 aliphatic carbocycles. The molecular weight excluding hydrogens is 306 g/mol. The van der Waals surface area contributed by atoms with Crippen LogP contribution in [0.25, 0.3) is 0 Å². The number of hydrogen-bond donors (Lipinski definition) is 1. The van der Waals surface area contributed by atoms with Gasteiger partial charge < -0.3 is 5.11 Å². The molecule has 1 aromatic rings. The lowest BCUT2D eigenvalue weighted by Gasteiger charge is -2.22. The van der Waals surface area contributed by atoms with E-state index in [4.69, 9.17) is 16.7 Å². The van der Waals surface area contributed by atoms with Gasteiger partial charge in [0.25, 0.3) is 0 Å². The molecule has 1 aromatic carbocycles. The number of carbonyl (C=O) groups is 3. The van der Waals surface area contributed by atoms with Crippen LogP contribution in [-0.4, -0.2) is 22.9 Å². The lowest BCUT2D eigenvalue weighted by molar-refractivity contribution is -0.122. The molecule has 1 heterocycles. The second kappa shape index (κ2) is 5.25. The number of rotatable bonds is 2. The van der Waals surface area contributed by atoms with E-state index in [1.54, 1.807) is 0 Å². The SMILES string of the molecule is C[C@@H]1C=CC[C@@H]2C(=O)N(c3ccc(Cl)c(C(=O)O)c3)C(=O)[C@@H]12. The Morgan fingerprint density at radius 3 is 2.68 bits per heavy atom. The van der Waals surface area contributed by atoms with Gasteiger partial charge in [0.15, 0.2) is 0 Å². The summed E-state index contributed by atoms with van der Waals surface area (Å²) < 4.78 is 0. The van der Waals surface area contributed by atoms with Gasteiger partial charge in [-0.25, -0.2) is 4.79 Å². The van der Waals surface area contributed by atoms with E-state index in [1.807, 2.05) is 19.1 Å². The third-order valence-electron chi connectivity index (χ3n) is 4.31. The van der Waals surface area contributed by atoms with E-state index >= 15 is 0 Å². The molecule has 0 bridgehead atoms. The van der Waals surface area contributed by atoms with Crippen molar-refractivity contribution in [2.24, 2.45) is 17.8 Å². The van der Waals surface area contributed by atoms with E-state index in [-0.39, 0.29) is 45.8 Å². The van der Waals surface area contributed by atoms with Crippen LogP contribution in [0.5, 0.6) is 0 Å². The first-order valence-electron chi connectivity index (χ1n) is 6.99. The fourth-order valence-corrected chi connectivity index (χ4v) is 3.42. The lowest BCUT2D eigenvalue weighted by Crippen LogP contribution is -2.31. The quantitative estimate of drug-likeness (QED) is 0.672. The van der Waals surface area contributed by atoms with Crippen LogP contribution >= 0.6 is 11.6 Å². The number of carbonyl (C=O) groups excluding carboxylic acids is 2. The average molecular weight is 320 g/mol. The zero-order chi connectivity index (χ0) is 16.0. The smallest absolute Gasteiger partial charge is 0.337 e. The molecule has 0 aromatic heterocycles. The van der Waals surface area contributed by atoms with Gasteiger partial charge in [0, 0.05) is 0 Å². The highest BCUT2D eigenvalue weighted by atomic mass is 35.5. The summed E-state index contributed by atoms with van der Waals surface area (Å²) in [7, 11) is 0. The van der Waals surface area contributed by atoms with Crippen LogP contribution in [0.15, 0.2) is 30.4 Å². The van der Waals surface area contributed by atoms with E-state index in [0.29, 0.717) is 6.42 Å². The maximum Gasteiger partial charge on any atom is 0.337 e. The Morgan fingerprint density at radius 1 is 1.32 bits per heavy atom. The number of hydrogen-bond acceptors (Lipinski definition) is 3. The molecular formula is C16H14ClNO4. The Labute approximate surface area is 132 Å². The highest BCUT2D eigenvalue weighted by molar-refractivity contribution is 6.34. The number of imide groups is 1. The Hall–Kier alpha value is -2.14. The number of allylic oxidation sites excluding steroid dienone is 2. The van der Waals surface area contributed by atoms with Gasteiger partial charge in [-0.05, 0) is 30.5 Å². The van der Waals surface area contributed by atoms with Gasteiger partial charge in [0.1, 0.15) is 0 Å².